The number of nitriles is 1. The van der Waals surface area contributed by atoms with Gasteiger partial charge in [-0.25, -0.2) is 0 Å². The lowest BCUT2D eigenvalue weighted by molar-refractivity contribution is -0.115. The van der Waals surface area contributed by atoms with Crippen molar-refractivity contribution in [1.82, 2.24) is 5.16 Å². The molecular weight excluding hydrogens is 310 g/mol. The first kappa shape index (κ1) is 15.1. The Morgan fingerprint density at radius 3 is 2.83 bits per heavy atom. The smallest absolute Gasteiger partial charge is 0.230 e. The van der Waals surface area contributed by atoms with Gasteiger partial charge in [-0.05, 0) is 55.1 Å². The fourth-order valence-corrected chi connectivity index (χ4v) is 2.62. The van der Waals surface area contributed by atoms with Crippen molar-refractivity contribution >= 4 is 34.3 Å². The molecule has 5 nitrogen and oxygen atoms in total. The molecule has 1 aromatic heterocycles. The molecule has 1 N–H and O–H groups in total. The van der Waals surface area contributed by atoms with Gasteiger partial charge < -0.3 is 9.84 Å². The fourth-order valence-electron chi connectivity index (χ4n) is 2.25. The molecular formula is C17H13N3O2S. The zero-order chi connectivity index (χ0) is 16.2. The molecule has 0 saturated heterocycles. The summed E-state index contributed by atoms with van der Waals surface area (Å²) in [5, 5.41) is 18.3. The molecule has 114 valence electrons. The highest BCUT2D eigenvalue weighted by Crippen LogP contribution is 2.21. The maximum Gasteiger partial charge on any atom is 0.230 e. The number of benzene rings is 2. The average molecular weight is 323 g/mol. The summed E-state index contributed by atoms with van der Waals surface area (Å²) < 4.78 is 5.23. The maximum absolute atomic E-state index is 12.2. The van der Waals surface area contributed by atoms with Crippen LogP contribution in [0, 0.1) is 17.6 Å². The summed E-state index contributed by atoms with van der Waals surface area (Å²) in [5.74, 6) is -0.164. The van der Waals surface area contributed by atoms with E-state index in [-0.39, 0.29) is 12.3 Å². The van der Waals surface area contributed by atoms with Gasteiger partial charge in [0.25, 0.3) is 0 Å². The van der Waals surface area contributed by atoms with E-state index in [2.05, 4.69) is 10.5 Å². The predicted molar refractivity (Wildman–Crippen MR) is 89.0 cm³/mol. The minimum atomic E-state index is -0.164. The van der Waals surface area contributed by atoms with Crippen molar-refractivity contribution in [3.8, 4) is 5.40 Å². The summed E-state index contributed by atoms with van der Waals surface area (Å²) in [5.41, 5.74) is 3.07. The number of nitrogens with zero attached hydrogens (tertiary/aromatic N) is 2. The van der Waals surface area contributed by atoms with E-state index in [0.717, 1.165) is 27.6 Å². The molecule has 23 heavy (non-hydrogen) atoms. The topological polar surface area (TPSA) is 78.9 Å². The minimum Gasteiger partial charge on any atom is -0.356 e. The zero-order valence-electron chi connectivity index (χ0n) is 12.4. The molecule has 3 rings (SSSR count). The number of nitrogens with one attached hydrogen (secondary N) is 1. The zero-order valence-corrected chi connectivity index (χ0v) is 13.2. The van der Waals surface area contributed by atoms with Gasteiger partial charge in [0.1, 0.15) is 11.1 Å². The maximum atomic E-state index is 12.2. The Balaban J connectivity index is 1.71. The Hall–Kier alpha value is -2.78. The van der Waals surface area contributed by atoms with E-state index in [1.54, 1.807) is 24.3 Å². The number of aryl methyl sites for hydroxylation is 1. The van der Waals surface area contributed by atoms with E-state index in [9.17, 15) is 4.79 Å². The second kappa shape index (κ2) is 6.55. The third kappa shape index (κ3) is 3.52. The van der Waals surface area contributed by atoms with Crippen molar-refractivity contribution in [2.24, 2.45) is 0 Å². The first-order chi connectivity index (χ1) is 11.2. The van der Waals surface area contributed by atoms with Crippen LogP contribution in [0.15, 0.2) is 51.9 Å². The van der Waals surface area contributed by atoms with Gasteiger partial charge in [0.2, 0.25) is 5.91 Å². The number of thiocyanates is 1. The van der Waals surface area contributed by atoms with Crippen LogP contribution in [0.2, 0.25) is 0 Å². The Bertz CT molecular complexity index is 894. The third-order valence-corrected chi connectivity index (χ3v) is 3.93. The van der Waals surface area contributed by atoms with Crippen molar-refractivity contribution in [3.05, 3.63) is 53.7 Å². The molecule has 0 bridgehead atoms. The number of carbonyl (C=O) groups excluding carboxylic acids is 1. The van der Waals surface area contributed by atoms with Crippen molar-refractivity contribution in [3.63, 3.8) is 0 Å². The number of amides is 1. The van der Waals surface area contributed by atoms with E-state index in [0.29, 0.717) is 17.0 Å². The van der Waals surface area contributed by atoms with Gasteiger partial charge in [-0.1, -0.05) is 16.8 Å². The molecule has 0 aliphatic heterocycles. The summed E-state index contributed by atoms with van der Waals surface area (Å²) in [4.78, 5) is 13.0. The lowest BCUT2D eigenvalue weighted by Crippen LogP contribution is -2.14. The first-order valence-electron chi connectivity index (χ1n) is 6.96. The predicted octanol–water partition coefficient (Wildman–Crippen LogP) is 3.89. The van der Waals surface area contributed by atoms with Crippen LogP contribution < -0.4 is 5.32 Å². The van der Waals surface area contributed by atoms with Crippen molar-refractivity contribution in [1.29, 1.82) is 5.26 Å². The molecule has 0 fully saturated rings. The van der Waals surface area contributed by atoms with Crippen molar-refractivity contribution in [2.45, 2.75) is 18.2 Å². The molecule has 0 aliphatic carbocycles. The van der Waals surface area contributed by atoms with Crippen LogP contribution in [0.3, 0.4) is 0 Å². The number of hydrogen-bond donors (Lipinski definition) is 1. The number of rotatable bonds is 4. The summed E-state index contributed by atoms with van der Waals surface area (Å²) in [6, 6.07) is 12.9. The fraction of sp³-hybridized carbons (Fsp3) is 0.118. The molecule has 6 heteroatoms. The van der Waals surface area contributed by atoms with Gasteiger partial charge in [-0.2, -0.15) is 5.26 Å². The van der Waals surface area contributed by atoms with Crippen LogP contribution in [-0.4, -0.2) is 11.1 Å². The second-order valence-corrected chi connectivity index (χ2v) is 5.93. The summed E-state index contributed by atoms with van der Waals surface area (Å²) in [7, 11) is 0. The van der Waals surface area contributed by atoms with E-state index in [1.165, 1.54) is 0 Å². The molecule has 1 heterocycles. The van der Waals surface area contributed by atoms with E-state index >= 15 is 0 Å². The number of hydrogen-bond acceptors (Lipinski definition) is 5. The van der Waals surface area contributed by atoms with E-state index in [4.69, 9.17) is 9.78 Å². The lowest BCUT2D eigenvalue weighted by Gasteiger charge is -2.04. The van der Waals surface area contributed by atoms with Gasteiger partial charge in [-0.3, -0.25) is 4.79 Å². The number of anilines is 1. The summed E-state index contributed by atoms with van der Waals surface area (Å²) in [6.07, 6.45) is 0.144. The standard InChI is InChI=1S/C17H13N3O2S/c1-11-2-7-16-14(8-11)15(20-22-16)9-17(21)19-12-3-5-13(6-4-12)23-10-18/h2-8H,9H2,1H3,(H,19,21). The lowest BCUT2D eigenvalue weighted by atomic mass is 10.1. The Labute approximate surface area is 137 Å². The third-order valence-electron chi connectivity index (χ3n) is 3.33. The highest BCUT2D eigenvalue weighted by atomic mass is 32.2. The quantitative estimate of drug-likeness (QED) is 0.582. The molecule has 3 aromatic rings. The van der Waals surface area contributed by atoms with E-state index < -0.39 is 0 Å². The normalized spacial score (nSPS) is 10.4. The van der Waals surface area contributed by atoms with Gasteiger partial charge in [0.15, 0.2) is 5.58 Å². The SMILES string of the molecule is Cc1ccc2onc(CC(=O)Nc3ccc(SC#N)cc3)c2c1. The molecule has 0 atom stereocenters. The largest absolute Gasteiger partial charge is 0.356 e. The molecule has 0 unspecified atom stereocenters. The minimum absolute atomic E-state index is 0.144. The van der Waals surface area contributed by atoms with Crippen molar-refractivity contribution < 1.29 is 9.32 Å². The summed E-state index contributed by atoms with van der Waals surface area (Å²) in [6.45, 7) is 1.98. The molecule has 1 amide bonds. The molecule has 0 saturated carbocycles. The Morgan fingerprint density at radius 2 is 2.09 bits per heavy atom. The summed E-state index contributed by atoms with van der Waals surface area (Å²) >= 11 is 1.08. The molecule has 2 aromatic carbocycles. The highest BCUT2D eigenvalue weighted by molar-refractivity contribution is 8.03. The van der Waals surface area contributed by atoms with Crippen LogP contribution in [0.5, 0.6) is 0 Å². The number of carbonyl (C=O) groups is 1. The van der Waals surface area contributed by atoms with Crippen LogP contribution in [-0.2, 0) is 11.2 Å². The monoisotopic (exact) mass is 323 g/mol. The van der Waals surface area contributed by atoms with E-state index in [1.807, 2.05) is 30.5 Å². The van der Waals surface area contributed by atoms with Crippen LogP contribution in [0.25, 0.3) is 11.0 Å². The van der Waals surface area contributed by atoms with Gasteiger partial charge in [0.05, 0.1) is 6.42 Å². The van der Waals surface area contributed by atoms with Gasteiger partial charge in [0, 0.05) is 16.0 Å². The van der Waals surface area contributed by atoms with Gasteiger partial charge in [-0.15, -0.1) is 0 Å². The van der Waals surface area contributed by atoms with Crippen LogP contribution >= 0.6 is 11.8 Å². The average Bonchev–Trinajstić information content (AvgIpc) is 2.92. The first-order valence-corrected chi connectivity index (χ1v) is 7.78. The number of fused-ring (bicyclic) bond motifs is 1. The second-order valence-electron chi connectivity index (χ2n) is 5.07. The number of thioether (sulfide) groups is 1. The molecule has 0 spiro atoms. The Morgan fingerprint density at radius 1 is 1.30 bits per heavy atom. The Kier molecular flexibility index (Phi) is 4.31. The van der Waals surface area contributed by atoms with Crippen LogP contribution in [0.1, 0.15) is 11.3 Å². The molecule has 0 aliphatic rings. The highest BCUT2D eigenvalue weighted by Gasteiger charge is 2.12. The molecule has 0 radical (unpaired) electrons. The van der Waals surface area contributed by atoms with Crippen molar-refractivity contribution in [2.75, 3.05) is 5.32 Å². The van der Waals surface area contributed by atoms with Crippen LogP contribution in [0.4, 0.5) is 5.69 Å². The van der Waals surface area contributed by atoms with Gasteiger partial charge >= 0.3 is 0 Å². The number of aromatic nitrogens is 1.